The summed E-state index contributed by atoms with van der Waals surface area (Å²) in [6.07, 6.45) is 0. The number of hydrogen-bond acceptors (Lipinski definition) is 5. The van der Waals surface area contributed by atoms with E-state index in [4.69, 9.17) is 16.6 Å². The Balaban J connectivity index is 0.00000272. The Morgan fingerprint density at radius 2 is 1.97 bits per heavy atom. The molecule has 0 spiro atoms. The normalized spacial score (nSPS) is 14.5. The molecule has 7 nitrogen and oxygen atoms in total. The van der Waals surface area contributed by atoms with Gasteiger partial charge in [-0.15, -0.1) is 45.5 Å². The molecule has 4 rings (SSSR count). The van der Waals surface area contributed by atoms with Crippen LogP contribution in [0.15, 0.2) is 46.8 Å². The van der Waals surface area contributed by atoms with E-state index in [2.05, 4.69) is 48.9 Å². The van der Waals surface area contributed by atoms with Gasteiger partial charge in [0.25, 0.3) is 0 Å². The van der Waals surface area contributed by atoms with Gasteiger partial charge in [0.05, 0.1) is 6.54 Å². The van der Waals surface area contributed by atoms with Crippen LogP contribution in [0.1, 0.15) is 16.5 Å². The molecule has 10 heteroatoms. The molecule has 3 aromatic rings. The Kier molecular flexibility index (Phi) is 8.56. The Labute approximate surface area is 209 Å². The summed E-state index contributed by atoms with van der Waals surface area (Å²) >= 11 is 7.92. The third-order valence-electron chi connectivity index (χ3n) is 5.31. The summed E-state index contributed by atoms with van der Waals surface area (Å²) in [5.74, 6) is 2.67. The second-order valence-corrected chi connectivity index (χ2v) is 8.72. The quantitative estimate of drug-likeness (QED) is 0.286. The maximum atomic E-state index is 6.17. The number of hydrogen-bond donors (Lipinski definition) is 1. The summed E-state index contributed by atoms with van der Waals surface area (Å²) in [5.41, 5.74) is 1.17. The number of nitrogens with one attached hydrogen (secondary N) is 1. The van der Waals surface area contributed by atoms with Crippen molar-refractivity contribution in [2.24, 2.45) is 12.0 Å². The van der Waals surface area contributed by atoms with Gasteiger partial charge in [-0.1, -0.05) is 23.7 Å². The molecule has 1 saturated heterocycles. The van der Waals surface area contributed by atoms with Crippen molar-refractivity contribution >= 4 is 58.6 Å². The van der Waals surface area contributed by atoms with E-state index in [-0.39, 0.29) is 24.0 Å². The number of piperazine rings is 1. The SMILES string of the molecule is Cc1nnc(CN=C(NCc2cccs2)N2CCN(c3cccc(Cl)c3)CC2)n1C.I. The minimum Gasteiger partial charge on any atom is -0.368 e. The van der Waals surface area contributed by atoms with E-state index in [1.807, 2.05) is 36.7 Å². The molecule has 166 valence electrons. The highest BCUT2D eigenvalue weighted by Crippen LogP contribution is 2.21. The van der Waals surface area contributed by atoms with Crippen LogP contribution in [0.3, 0.4) is 0 Å². The first-order valence-electron chi connectivity index (χ1n) is 10.0. The highest BCUT2D eigenvalue weighted by molar-refractivity contribution is 14.0. The van der Waals surface area contributed by atoms with E-state index in [0.29, 0.717) is 6.54 Å². The molecule has 0 atom stereocenters. The highest BCUT2D eigenvalue weighted by atomic mass is 127. The zero-order valence-corrected chi connectivity index (χ0v) is 21.6. The molecule has 1 aliphatic rings. The molecule has 0 bridgehead atoms. The van der Waals surface area contributed by atoms with Crippen LogP contribution in [0.25, 0.3) is 0 Å². The number of aliphatic imine (C=N–C) groups is 1. The van der Waals surface area contributed by atoms with Gasteiger partial charge < -0.3 is 19.7 Å². The van der Waals surface area contributed by atoms with E-state index in [1.54, 1.807) is 11.3 Å². The van der Waals surface area contributed by atoms with Crippen molar-refractivity contribution in [2.75, 3.05) is 31.1 Å². The van der Waals surface area contributed by atoms with Crippen molar-refractivity contribution in [1.82, 2.24) is 25.0 Å². The highest BCUT2D eigenvalue weighted by Gasteiger charge is 2.20. The monoisotopic (exact) mass is 571 g/mol. The Hall–Kier alpha value is -1.85. The van der Waals surface area contributed by atoms with Crippen molar-refractivity contribution in [3.63, 3.8) is 0 Å². The first kappa shape index (κ1) is 23.8. The Morgan fingerprint density at radius 3 is 2.61 bits per heavy atom. The van der Waals surface area contributed by atoms with E-state index in [9.17, 15) is 0 Å². The number of thiophene rings is 1. The van der Waals surface area contributed by atoms with Crippen molar-refractivity contribution < 1.29 is 0 Å². The molecule has 0 radical (unpaired) electrons. The Bertz CT molecular complexity index is 997. The van der Waals surface area contributed by atoms with Gasteiger partial charge in [0.2, 0.25) is 0 Å². The molecule has 0 aliphatic carbocycles. The molecule has 0 amide bonds. The number of halogens is 2. The van der Waals surface area contributed by atoms with Gasteiger partial charge in [0.15, 0.2) is 11.8 Å². The van der Waals surface area contributed by atoms with Gasteiger partial charge in [-0.3, -0.25) is 0 Å². The minimum atomic E-state index is 0. The van der Waals surface area contributed by atoms with Gasteiger partial charge in [-0.2, -0.15) is 0 Å². The molecule has 1 N–H and O–H groups in total. The predicted molar refractivity (Wildman–Crippen MR) is 139 cm³/mol. The van der Waals surface area contributed by atoms with Gasteiger partial charge >= 0.3 is 0 Å². The van der Waals surface area contributed by atoms with Crippen LogP contribution in [0.4, 0.5) is 5.69 Å². The molecule has 3 heterocycles. The summed E-state index contributed by atoms with van der Waals surface area (Å²) in [6, 6.07) is 12.3. The van der Waals surface area contributed by atoms with Crippen molar-refractivity contribution in [1.29, 1.82) is 0 Å². The molecular weight excluding hydrogens is 545 g/mol. The first-order valence-corrected chi connectivity index (χ1v) is 11.3. The van der Waals surface area contributed by atoms with E-state index in [1.165, 1.54) is 10.6 Å². The number of aromatic nitrogens is 3. The van der Waals surface area contributed by atoms with E-state index in [0.717, 1.165) is 55.4 Å². The van der Waals surface area contributed by atoms with Gasteiger partial charge in [-0.05, 0) is 36.6 Å². The number of nitrogens with zero attached hydrogens (tertiary/aromatic N) is 6. The lowest BCUT2D eigenvalue weighted by Crippen LogP contribution is -2.52. The average Bonchev–Trinajstić information content (AvgIpc) is 3.39. The number of aryl methyl sites for hydroxylation is 1. The lowest BCUT2D eigenvalue weighted by molar-refractivity contribution is 0.371. The van der Waals surface area contributed by atoms with Crippen LogP contribution in [0.2, 0.25) is 5.02 Å². The van der Waals surface area contributed by atoms with Crippen molar-refractivity contribution in [3.05, 3.63) is 63.3 Å². The lowest BCUT2D eigenvalue weighted by Gasteiger charge is -2.37. The molecule has 1 aliphatic heterocycles. The topological polar surface area (TPSA) is 61.6 Å². The zero-order valence-electron chi connectivity index (χ0n) is 17.7. The molecular formula is C21H27ClIN7S. The average molecular weight is 572 g/mol. The van der Waals surface area contributed by atoms with Crippen LogP contribution < -0.4 is 10.2 Å². The Morgan fingerprint density at radius 1 is 1.16 bits per heavy atom. The fourth-order valence-electron chi connectivity index (χ4n) is 3.43. The van der Waals surface area contributed by atoms with Crippen LogP contribution in [-0.4, -0.2) is 51.8 Å². The van der Waals surface area contributed by atoms with E-state index >= 15 is 0 Å². The maximum absolute atomic E-state index is 6.17. The smallest absolute Gasteiger partial charge is 0.194 e. The van der Waals surface area contributed by atoms with Crippen molar-refractivity contribution in [3.8, 4) is 0 Å². The number of anilines is 1. The van der Waals surface area contributed by atoms with Crippen LogP contribution in [0.5, 0.6) is 0 Å². The second kappa shape index (κ2) is 11.1. The fraction of sp³-hybridized carbons (Fsp3) is 0.381. The standard InChI is InChI=1S/C21H26ClN7S.HI/c1-16-25-26-20(27(16)2)15-24-21(23-14-19-7-4-12-30-19)29-10-8-28(9-11-29)18-6-3-5-17(22)13-18;/h3-7,12-13H,8-11,14-15H2,1-2H3,(H,23,24);1H. The number of benzene rings is 1. The van der Waals surface area contributed by atoms with Gasteiger partial charge in [-0.25, -0.2) is 4.99 Å². The van der Waals surface area contributed by atoms with E-state index < -0.39 is 0 Å². The predicted octanol–water partition coefficient (Wildman–Crippen LogP) is 3.92. The molecule has 1 aromatic carbocycles. The van der Waals surface area contributed by atoms with Crippen LogP contribution in [-0.2, 0) is 20.1 Å². The molecule has 0 unspecified atom stereocenters. The number of rotatable bonds is 5. The molecule has 0 saturated carbocycles. The third-order valence-corrected chi connectivity index (χ3v) is 6.42. The lowest BCUT2D eigenvalue weighted by atomic mass is 10.2. The summed E-state index contributed by atoms with van der Waals surface area (Å²) in [6.45, 7) is 6.83. The molecule has 2 aromatic heterocycles. The summed E-state index contributed by atoms with van der Waals surface area (Å²) in [7, 11) is 1.97. The fourth-order valence-corrected chi connectivity index (χ4v) is 4.26. The first-order chi connectivity index (χ1) is 14.6. The number of guanidine groups is 1. The minimum absolute atomic E-state index is 0. The maximum Gasteiger partial charge on any atom is 0.194 e. The van der Waals surface area contributed by atoms with Gasteiger partial charge in [0.1, 0.15) is 12.4 Å². The van der Waals surface area contributed by atoms with Crippen molar-refractivity contribution in [2.45, 2.75) is 20.0 Å². The molecule has 1 fully saturated rings. The summed E-state index contributed by atoms with van der Waals surface area (Å²) in [4.78, 5) is 10.8. The van der Waals surface area contributed by atoms with Gasteiger partial charge in [0, 0.05) is 48.8 Å². The van der Waals surface area contributed by atoms with Crippen LogP contribution in [0, 0.1) is 6.92 Å². The third kappa shape index (κ3) is 6.11. The van der Waals surface area contributed by atoms with Crippen LogP contribution >= 0.6 is 46.9 Å². The summed E-state index contributed by atoms with van der Waals surface area (Å²) < 4.78 is 1.98. The second-order valence-electron chi connectivity index (χ2n) is 7.25. The largest absolute Gasteiger partial charge is 0.368 e. The summed E-state index contributed by atoms with van der Waals surface area (Å²) in [5, 5.41) is 14.8. The molecule has 31 heavy (non-hydrogen) atoms. The zero-order chi connectivity index (χ0) is 20.9.